The number of rotatable bonds is 4. The summed E-state index contributed by atoms with van der Waals surface area (Å²) in [6.45, 7) is 4.80. The number of carbonyl (C=O) groups is 1. The zero-order valence-electron chi connectivity index (χ0n) is 13.0. The Morgan fingerprint density at radius 3 is 2.64 bits per heavy atom. The largest absolute Gasteiger partial charge is 0.349 e. The van der Waals surface area contributed by atoms with Crippen LogP contribution < -0.4 is 11.1 Å². The molecule has 1 aromatic rings. The van der Waals surface area contributed by atoms with Gasteiger partial charge in [0.1, 0.15) is 5.01 Å². The summed E-state index contributed by atoms with van der Waals surface area (Å²) in [5.41, 5.74) is 7.31. The Kier molecular flexibility index (Phi) is 7.12. The molecule has 4 atom stereocenters. The first kappa shape index (κ1) is 19.7. The van der Waals surface area contributed by atoms with Crippen LogP contribution in [0.25, 0.3) is 0 Å². The molecule has 1 aromatic heterocycles. The first-order chi connectivity index (χ1) is 9.56. The number of thiazole rings is 1. The lowest BCUT2D eigenvalue weighted by Gasteiger charge is -2.26. The van der Waals surface area contributed by atoms with Gasteiger partial charge in [-0.05, 0) is 37.0 Å². The van der Waals surface area contributed by atoms with Crippen molar-refractivity contribution in [2.75, 3.05) is 0 Å². The van der Waals surface area contributed by atoms with Crippen LogP contribution in [0.2, 0.25) is 0 Å². The lowest BCUT2D eigenvalue weighted by atomic mass is 9.84. The first-order valence-electron chi connectivity index (χ1n) is 7.54. The molecule has 22 heavy (non-hydrogen) atoms. The highest BCUT2D eigenvalue weighted by molar-refractivity contribution is 7.09. The Morgan fingerprint density at radius 1 is 1.41 bits per heavy atom. The highest BCUT2D eigenvalue weighted by Gasteiger charge is 2.48. The number of amides is 1. The average Bonchev–Trinajstić information content (AvgIpc) is 3.11. The minimum atomic E-state index is 0. The molecule has 4 nitrogen and oxygen atoms in total. The van der Waals surface area contributed by atoms with E-state index >= 15 is 0 Å². The summed E-state index contributed by atoms with van der Waals surface area (Å²) in [7, 11) is 0. The molecular formula is C15H25Cl2N3OS. The van der Waals surface area contributed by atoms with Gasteiger partial charge in [-0.25, -0.2) is 4.98 Å². The van der Waals surface area contributed by atoms with Gasteiger partial charge >= 0.3 is 0 Å². The van der Waals surface area contributed by atoms with Crippen LogP contribution in [0.3, 0.4) is 0 Å². The second-order valence-corrected chi connectivity index (χ2v) is 7.42. The second-order valence-electron chi connectivity index (χ2n) is 6.47. The van der Waals surface area contributed by atoms with Crippen LogP contribution in [-0.2, 0) is 11.3 Å². The Labute approximate surface area is 148 Å². The van der Waals surface area contributed by atoms with E-state index in [0.29, 0.717) is 24.3 Å². The van der Waals surface area contributed by atoms with Gasteiger partial charge in [0.05, 0.1) is 18.2 Å². The predicted octanol–water partition coefficient (Wildman–Crippen LogP) is 3.10. The molecule has 2 fully saturated rings. The summed E-state index contributed by atoms with van der Waals surface area (Å²) in [6, 6.07) is 0.0660. The maximum Gasteiger partial charge on any atom is 0.225 e. The fraction of sp³-hybridized carbons (Fsp3) is 0.733. The number of nitrogens with one attached hydrogen (secondary N) is 1. The molecule has 0 radical (unpaired) electrons. The normalized spacial score (nSPS) is 29.1. The van der Waals surface area contributed by atoms with E-state index in [9.17, 15) is 4.79 Å². The van der Waals surface area contributed by atoms with Crippen molar-refractivity contribution in [3.63, 3.8) is 0 Å². The molecule has 0 spiro atoms. The smallest absolute Gasteiger partial charge is 0.225 e. The van der Waals surface area contributed by atoms with Gasteiger partial charge in [-0.2, -0.15) is 0 Å². The average molecular weight is 366 g/mol. The minimum absolute atomic E-state index is 0. The molecule has 1 amide bonds. The van der Waals surface area contributed by atoms with Crippen LogP contribution in [0, 0.1) is 17.8 Å². The third-order valence-electron chi connectivity index (χ3n) is 4.86. The molecular weight excluding hydrogens is 341 g/mol. The number of nitrogens with zero attached hydrogens (tertiary/aromatic N) is 1. The summed E-state index contributed by atoms with van der Waals surface area (Å²) in [5.74, 6) is 1.68. The predicted molar refractivity (Wildman–Crippen MR) is 94.8 cm³/mol. The third-order valence-corrected chi connectivity index (χ3v) is 5.73. The van der Waals surface area contributed by atoms with E-state index < -0.39 is 0 Å². The van der Waals surface area contributed by atoms with Gasteiger partial charge in [0.25, 0.3) is 0 Å². The molecule has 3 N–H and O–H groups in total. The van der Waals surface area contributed by atoms with Crippen molar-refractivity contribution in [3.05, 3.63) is 16.1 Å². The Balaban J connectivity index is 0.00000121. The second kappa shape index (κ2) is 7.95. The number of carbonyl (C=O) groups excluding carboxylic acids is 1. The van der Waals surface area contributed by atoms with Crippen LogP contribution in [-0.4, -0.2) is 16.9 Å². The SMILES string of the molecule is CC(C)c1csc(CNC(=O)C2C3CCC(C3)C2N)n1.Cl.Cl. The quantitative estimate of drug-likeness (QED) is 0.860. The van der Waals surface area contributed by atoms with Gasteiger partial charge in [0.15, 0.2) is 0 Å². The molecule has 4 unspecified atom stereocenters. The van der Waals surface area contributed by atoms with Gasteiger partial charge < -0.3 is 11.1 Å². The molecule has 7 heteroatoms. The Bertz CT molecular complexity index is 507. The summed E-state index contributed by atoms with van der Waals surface area (Å²) in [5, 5.41) is 6.10. The third kappa shape index (κ3) is 3.75. The van der Waals surface area contributed by atoms with Crippen molar-refractivity contribution in [1.82, 2.24) is 10.3 Å². The van der Waals surface area contributed by atoms with Crippen molar-refractivity contribution >= 4 is 42.1 Å². The van der Waals surface area contributed by atoms with E-state index in [1.165, 1.54) is 12.8 Å². The molecule has 2 aliphatic rings. The molecule has 126 valence electrons. The van der Waals surface area contributed by atoms with Crippen molar-refractivity contribution in [1.29, 1.82) is 0 Å². The van der Waals surface area contributed by atoms with Crippen LogP contribution in [0.1, 0.15) is 49.7 Å². The fourth-order valence-electron chi connectivity index (χ4n) is 3.68. The standard InChI is InChI=1S/C15H23N3OS.2ClH/c1-8(2)11-7-20-12(18-11)6-17-15(19)13-9-3-4-10(5-9)14(13)16;;/h7-10,13-14H,3-6,16H2,1-2H3,(H,17,19);2*1H. The van der Waals surface area contributed by atoms with E-state index in [1.54, 1.807) is 11.3 Å². The highest BCUT2D eigenvalue weighted by atomic mass is 35.5. The van der Waals surface area contributed by atoms with Crippen LogP contribution in [0.5, 0.6) is 0 Å². The summed E-state index contributed by atoms with van der Waals surface area (Å²) >= 11 is 1.62. The summed E-state index contributed by atoms with van der Waals surface area (Å²) in [6.07, 6.45) is 3.53. The van der Waals surface area contributed by atoms with E-state index in [-0.39, 0.29) is 42.7 Å². The molecule has 0 saturated heterocycles. The van der Waals surface area contributed by atoms with Crippen molar-refractivity contribution in [2.24, 2.45) is 23.5 Å². The fourth-order valence-corrected chi connectivity index (χ4v) is 4.57. The summed E-state index contributed by atoms with van der Waals surface area (Å²) in [4.78, 5) is 16.9. The minimum Gasteiger partial charge on any atom is -0.349 e. The zero-order valence-corrected chi connectivity index (χ0v) is 15.4. The molecule has 1 heterocycles. The van der Waals surface area contributed by atoms with E-state index in [0.717, 1.165) is 17.1 Å². The lowest BCUT2D eigenvalue weighted by molar-refractivity contribution is -0.127. The molecule has 0 aromatic carbocycles. The van der Waals surface area contributed by atoms with E-state index in [1.807, 2.05) is 0 Å². The zero-order chi connectivity index (χ0) is 14.3. The highest BCUT2D eigenvalue weighted by Crippen LogP contribution is 2.47. The molecule has 3 rings (SSSR count). The topological polar surface area (TPSA) is 68.0 Å². The van der Waals surface area contributed by atoms with Crippen LogP contribution in [0.15, 0.2) is 5.38 Å². The van der Waals surface area contributed by atoms with E-state index in [2.05, 4.69) is 29.5 Å². The van der Waals surface area contributed by atoms with E-state index in [4.69, 9.17) is 5.73 Å². The summed E-state index contributed by atoms with van der Waals surface area (Å²) < 4.78 is 0. The first-order valence-corrected chi connectivity index (χ1v) is 8.41. The number of hydrogen-bond acceptors (Lipinski definition) is 4. The van der Waals surface area contributed by atoms with Crippen LogP contribution in [0.4, 0.5) is 0 Å². The number of fused-ring (bicyclic) bond motifs is 2. The molecule has 0 aliphatic heterocycles. The Hall–Kier alpha value is -0.360. The van der Waals surface area contributed by atoms with Crippen molar-refractivity contribution < 1.29 is 4.79 Å². The molecule has 2 saturated carbocycles. The van der Waals surface area contributed by atoms with Gasteiger partial charge in [0, 0.05) is 11.4 Å². The van der Waals surface area contributed by atoms with Gasteiger partial charge in [-0.1, -0.05) is 13.8 Å². The molecule has 2 bridgehead atoms. The molecule has 2 aliphatic carbocycles. The lowest BCUT2D eigenvalue weighted by Crippen LogP contribution is -2.45. The number of halogens is 2. The van der Waals surface area contributed by atoms with Gasteiger partial charge in [-0.15, -0.1) is 36.2 Å². The van der Waals surface area contributed by atoms with Crippen molar-refractivity contribution in [3.8, 4) is 0 Å². The van der Waals surface area contributed by atoms with Crippen LogP contribution >= 0.6 is 36.2 Å². The monoisotopic (exact) mass is 365 g/mol. The Morgan fingerprint density at radius 2 is 2.09 bits per heavy atom. The maximum atomic E-state index is 12.3. The van der Waals surface area contributed by atoms with Gasteiger partial charge in [-0.3, -0.25) is 4.79 Å². The van der Waals surface area contributed by atoms with Crippen molar-refractivity contribution in [2.45, 2.75) is 51.6 Å². The number of aromatic nitrogens is 1. The number of hydrogen-bond donors (Lipinski definition) is 2. The maximum absolute atomic E-state index is 12.3. The number of nitrogens with two attached hydrogens (primary N) is 1. The van der Waals surface area contributed by atoms with Gasteiger partial charge in [0.2, 0.25) is 5.91 Å².